The summed E-state index contributed by atoms with van der Waals surface area (Å²) < 4.78 is 0. The van der Waals surface area contributed by atoms with Gasteiger partial charge in [-0.25, -0.2) is 0 Å². The van der Waals surface area contributed by atoms with E-state index in [2.05, 4.69) is 29.4 Å². The monoisotopic (exact) mass is 276 g/mol. The molecule has 0 radical (unpaired) electrons. The zero-order chi connectivity index (χ0) is 12.1. The van der Waals surface area contributed by atoms with Gasteiger partial charge >= 0.3 is 0 Å². The van der Waals surface area contributed by atoms with Crippen LogP contribution in [0.3, 0.4) is 0 Å². The summed E-state index contributed by atoms with van der Waals surface area (Å²) in [6.07, 6.45) is 5.30. The first-order valence-electron chi connectivity index (χ1n) is 6.63. The van der Waals surface area contributed by atoms with Gasteiger partial charge in [-0.2, -0.15) is 0 Å². The number of rotatable bonds is 1. The Bertz CT molecular complexity index is 544. The molecule has 0 N–H and O–H groups in total. The fraction of sp³-hybridized carbons (Fsp3) is 0.500. The molecular formula is C14H16N2S2. The van der Waals surface area contributed by atoms with Crippen molar-refractivity contribution >= 4 is 34.0 Å². The largest absolute Gasteiger partial charge is 0.314 e. The highest BCUT2D eigenvalue weighted by atomic mass is 32.2. The summed E-state index contributed by atoms with van der Waals surface area (Å²) >= 11 is 3.71. The Morgan fingerprint density at radius 3 is 3.00 bits per heavy atom. The highest BCUT2D eigenvalue weighted by Gasteiger charge is 2.42. The summed E-state index contributed by atoms with van der Waals surface area (Å²) in [6, 6.07) is 5.67. The minimum absolute atomic E-state index is 0.561. The van der Waals surface area contributed by atoms with Gasteiger partial charge in [-0.15, -0.1) is 11.3 Å². The molecule has 94 valence electrons. The Balaban J connectivity index is 1.69. The average molecular weight is 276 g/mol. The topological polar surface area (TPSA) is 15.6 Å². The standard InChI is InChI=1S/C14H16N2S2/c1-9-6-7-13(18-9)12-8-17-14-15-10-4-2-3-5-11(10)16(12)14/h6-8,10-11H,2-5H2,1H3/t10-,11-/m0/s1. The van der Waals surface area contributed by atoms with Crippen LogP contribution < -0.4 is 0 Å². The van der Waals surface area contributed by atoms with Gasteiger partial charge < -0.3 is 4.90 Å². The van der Waals surface area contributed by atoms with Gasteiger partial charge in [-0.3, -0.25) is 4.99 Å². The summed E-state index contributed by atoms with van der Waals surface area (Å²) in [5.41, 5.74) is 1.39. The van der Waals surface area contributed by atoms with Crippen molar-refractivity contribution in [3.8, 4) is 0 Å². The molecule has 1 aromatic heterocycles. The van der Waals surface area contributed by atoms with Crippen LogP contribution >= 0.6 is 23.1 Å². The number of hydrogen-bond donors (Lipinski definition) is 0. The van der Waals surface area contributed by atoms with Crippen LogP contribution in [0, 0.1) is 6.92 Å². The van der Waals surface area contributed by atoms with Gasteiger partial charge in [-0.1, -0.05) is 24.6 Å². The van der Waals surface area contributed by atoms with Crippen LogP contribution in [-0.2, 0) is 0 Å². The fourth-order valence-electron chi connectivity index (χ4n) is 3.17. The quantitative estimate of drug-likeness (QED) is 0.768. The van der Waals surface area contributed by atoms with Gasteiger partial charge in [0.1, 0.15) is 0 Å². The normalized spacial score (nSPS) is 29.9. The van der Waals surface area contributed by atoms with Crippen LogP contribution in [0.2, 0.25) is 0 Å². The van der Waals surface area contributed by atoms with E-state index in [0.717, 1.165) is 0 Å². The number of amidine groups is 1. The van der Waals surface area contributed by atoms with Gasteiger partial charge in [0.2, 0.25) is 0 Å². The predicted molar refractivity (Wildman–Crippen MR) is 79.9 cm³/mol. The molecule has 1 fully saturated rings. The fourth-order valence-corrected chi connectivity index (χ4v) is 5.13. The zero-order valence-electron chi connectivity index (χ0n) is 10.4. The lowest BCUT2D eigenvalue weighted by atomic mass is 9.90. The minimum Gasteiger partial charge on any atom is -0.314 e. The first-order chi connectivity index (χ1) is 8.83. The molecule has 0 amide bonds. The van der Waals surface area contributed by atoms with Crippen molar-refractivity contribution in [2.75, 3.05) is 0 Å². The van der Waals surface area contributed by atoms with Crippen LogP contribution in [0.5, 0.6) is 0 Å². The van der Waals surface area contributed by atoms with E-state index in [4.69, 9.17) is 4.99 Å². The smallest absolute Gasteiger partial charge is 0.168 e. The number of hydrogen-bond acceptors (Lipinski definition) is 4. The number of thiophene rings is 1. The number of aryl methyl sites for hydroxylation is 1. The van der Waals surface area contributed by atoms with Crippen molar-refractivity contribution in [2.24, 2.45) is 4.99 Å². The van der Waals surface area contributed by atoms with Gasteiger partial charge in [0.15, 0.2) is 5.17 Å². The summed E-state index contributed by atoms with van der Waals surface area (Å²) in [5, 5.41) is 3.53. The molecule has 1 aliphatic carbocycles. The van der Waals surface area contributed by atoms with E-state index in [1.165, 1.54) is 46.3 Å². The second-order valence-electron chi connectivity index (χ2n) is 5.23. The molecule has 3 heterocycles. The second-order valence-corrected chi connectivity index (χ2v) is 7.36. The van der Waals surface area contributed by atoms with Crippen LogP contribution in [0.15, 0.2) is 22.5 Å². The molecule has 3 aliphatic rings. The Hall–Kier alpha value is -0.740. The third kappa shape index (κ3) is 1.58. The first kappa shape index (κ1) is 11.1. The Morgan fingerprint density at radius 1 is 1.28 bits per heavy atom. The summed E-state index contributed by atoms with van der Waals surface area (Å²) in [7, 11) is 0. The van der Waals surface area contributed by atoms with Crippen molar-refractivity contribution in [3.63, 3.8) is 0 Å². The molecule has 0 spiro atoms. The van der Waals surface area contributed by atoms with Gasteiger partial charge in [0.25, 0.3) is 0 Å². The predicted octanol–water partition coefficient (Wildman–Crippen LogP) is 4.08. The third-order valence-corrected chi connectivity index (χ3v) is 5.91. The molecule has 18 heavy (non-hydrogen) atoms. The molecule has 0 saturated heterocycles. The highest BCUT2D eigenvalue weighted by Crippen LogP contribution is 2.45. The van der Waals surface area contributed by atoms with Crippen molar-refractivity contribution in [1.82, 2.24) is 4.90 Å². The summed E-state index contributed by atoms with van der Waals surface area (Å²) in [5.74, 6) is 0. The van der Waals surface area contributed by atoms with Gasteiger partial charge in [-0.05, 0) is 31.9 Å². The van der Waals surface area contributed by atoms with Crippen molar-refractivity contribution in [1.29, 1.82) is 0 Å². The van der Waals surface area contributed by atoms with E-state index in [-0.39, 0.29) is 0 Å². The molecule has 4 heteroatoms. The van der Waals surface area contributed by atoms with Crippen molar-refractivity contribution in [2.45, 2.75) is 44.7 Å². The molecule has 1 saturated carbocycles. The number of aliphatic imine (C=N–C) groups is 1. The molecule has 0 unspecified atom stereocenters. The van der Waals surface area contributed by atoms with Crippen LogP contribution in [0.4, 0.5) is 0 Å². The molecule has 1 aromatic rings. The lowest BCUT2D eigenvalue weighted by Crippen LogP contribution is -2.37. The van der Waals surface area contributed by atoms with Crippen molar-refractivity contribution < 1.29 is 0 Å². The van der Waals surface area contributed by atoms with E-state index in [0.29, 0.717) is 12.1 Å². The number of thioether (sulfide) groups is 1. The molecule has 0 aromatic carbocycles. The number of nitrogens with zero attached hydrogens (tertiary/aromatic N) is 2. The summed E-state index contributed by atoms with van der Waals surface area (Å²) in [6.45, 7) is 2.18. The van der Waals surface area contributed by atoms with Crippen molar-refractivity contribution in [3.05, 3.63) is 27.3 Å². The minimum atomic E-state index is 0.561. The van der Waals surface area contributed by atoms with Crippen LogP contribution in [0.1, 0.15) is 35.4 Å². The maximum absolute atomic E-state index is 4.91. The SMILES string of the molecule is Cc1ccc(C2=CSC3=N[C@H]4CCCC[C@@H]4N23)s1. The van der Waals surface area contributed by atoms with Crippen LogP contribution in [0.25, 0.3) is 5.70 Å². The molecule has 2 nitrogen and oxygen atoms in total. The maximum Gasteiger partial charge on any atom is 0.168 e. The summed E-state index contributed by atoms with van der Waals surface area (Å²) in [4.78, 5) is 10.2. The third-order valence-electron chi connectivity index (χ3n) is 4.04. The van der Waals surface area contributed by atoms with E-state index < -0.39 is 0 Å². The van der Waals surface area contributed by atoms with Crippen LogP contribution in [-0.4, -0.2) is 22.2 Å². The Morgan fingerprint density at radius 2 is 2.17 bits per heavy atom. The highest BCUT2D eigenvalue weighted by molar-refractivity contribution is 8.16. The maximum atomic E-state index is 4.91. The van der Waals surface area contributed by atoms with E-state index >= 15 is 0 Å². The molecule has 2 atom stereocenters. The second kappa shape index (κ2) is 4.14. The molecule has 0 bridgehead atoms. The molecule has 2 aliphatic heterocycles. The average Bonchev–Trinajstić information content (AvgIpc) is 3.02. The lowest BCUT2D eigenvalue weighted by Gasteiger charge is -2.31. The van der Waals surface area contributed by atoms with Gasteiger partial charge in [0, 0.05) is 10.3 Å². The Kier molecular flexibility index (Phi) is 2.55. The molecular weight excluding hydrogens is 260 g/mol. The lowest BCUT2D eigenvalue weighted by molar-refractivity contribution is 0.306. The van der Waals surface area contributed by atoms with E-state index in [1.807, 2.05) is 23.1 Å². The van der Waals surface area contributed by atoms with Gasteiger partial charge in [0.05, 0.1) is 22.7 Å². The zero-order valence-corrected chi connectivity index (χ0v) is 12.1. The first-order valence-corrected chi connectivity index (χ1v) is 8.33. The molecule has 4 rings (SSSR count). The van der Waals surface area contributed by atoms with E-state index in [1.54, 1.807) is 0 Å². The Labute approximate surface area is 116 Å². The van der Waals surface area contributed by atoms with E-state index in [9.17, 15) is 0 Å². The number of fused-ring (bicyclic) bond motifs is 3.